The number of hydrogen-bond acceptors (Lipinski definition) is 1. The molecular weight excluding hydrogens is 268 g/mol. The molecule has 0 N–H and O–H groups in total. The van der Waals surface area contributed by atoms with Gasteiger partial charge in [-0.3, -0.25) is 4.79 Å². The molecule has 1 aliphatic rings. The van der Waals surface area contributed by atoms with Gasteiger partial charge in [0.25, 0.3) is 0 Å². The first kappa shape index (κ1) is 15.0. The van der Waals surface area contributed by atoms with Crippen LogP contribution in [-0.2, 0) is 4.79 Å². The van der Waals surface area contributed by atoms with Gasteiger partial charge in [0.2, 0.25) is 0 Å². The van der Waals surface area contributed by atoms with Crippen LogP contribution in [0.4, 0.5) is 0 Å². The Morgan fingerprint density at radius 1 is 0.955 bits per heavy atom. The summed E-state index contributed by atoms with van der Waals surface area (Å²) in [6.07, 6.45) is 3.96. The molecule has 3 rings (SSSR count). The van der Waals surface area contributed by atoms with Crippen LogP contribution in [0.25, 0.3) is 0 Å². The summed E-state index contributed by atoms with van der Waals surface area (Å²) >= 11 is 0. The molecule has 2 aromatic rings. The highest BCUT2D eigenvalue weighted by molar-refractivity contribution is 5.82. The van der Waals surface area contributed by atoms with Gasteiger partial charge >= 0.3 is 0 Å². The monoisotopic (exact) mass is 292 g/mol. The Morgan fingerprint density at radius 3 is 2.00 bits per heavy atom. The summed E-state index contributed by atoms with van der Waals surface area (Å²) in [7, 11) is 0. The molecule has 0 radical (unpaired) electrons. The van der Waals surface area contributed by atoms with Crippen molar-refractivity contribution in [3.8, 4) is 0 Å². The molecule has 114 valence electrons. The van der Waals surface area contributed by atoms with Gasteiger partial charge in [0, 0.05) is 18.3 Å². The molecule has 0 spiro atoms. The molecule has 1 saturated carbocycles. The molecule has 0 aromatic heterocycles. The van der Waals surface area contributed by atoms with E-state index in [0.29, 0.717) is 17.6 Å². The third-order valence-corrected chi connectivity index (χ3v) is 5.08. The number of hydrogen-bond donors (Lipinski definition) is 0. The average Bonchev–Trinajstić information content (AvgIpc) is 2.56. The van der Waals surface area contributed by atoms with Crippen molar-refractivity contribution >= 4 is 5.78 Å². The summed E-state index contributed by atoms with van der Waals surface area (Å²) in [6, 6.07) is 21.2. The minimum atomic E-state index is 0.208. The van der Waals surface area contributed by atoms with E-state index in [0.717, 1.165) is 19.3 Å². The van der Waals surface area contributed by atoms with Crippen LogP contribution in [0.2, 0.25) is 0 Å². The topological polar surface area (TPSA) is 17.1 Å². The van der Waals surface area contributed by atoms with E-state index in [1.165, 1.54) is 17.5 Å². The van der Waals surface area contributed by atoms with Crippen molar-refractivity contribution in [2.75, 3.05) is 0 Å². The van der Waals surface area contributed by atoms with Crippen molar-refractivity contribution in [1.29, 1.82) is 0 Å². The van der Waals surface area contributed by atoms with Gasteiger partial charge in [-0.05, 0) is 36.3 Å². The number of carbonyl (C=O) groups excluding carboxylic acids is 1. The zero-order valence-electron chi connectivity index (χ0n) is 13.2. The fraction of sp³-hybridized carbons (Fsp3) is 0.381. The van der Waals surface area contributed by atoms with Crippen LogP contribution in [-0.4, -0.2) is 5.78 Å². The Bertz CT molecular complexity index is 563. The summed E-state index contributed by atoms with van der Waals surface area (Å²) in [5.74, 6) is 1.50. The number of carbonyl (C=O) groups is 1. The smallest absolute Gasteiger partial charge is 0.136 e. The van der Waals surface area contributed by atoms with Crippen LogP contribution in [0.15, 0.2) is 60.7 Å². The van der Waals surface area contributed by atoms with Crippen LogP contribution in [0, 0.1) is 11.8 Å². The maximum atomic E-state index is 12.4. The first-order valence-electron chi connectivity index (χ1n) is 8.38. The lowest BCUT2D eigenvalue weighted by Gasteiger charge is -2.31. The van der Waals surface area contributed by atoms with Gasteiger partial charge in [-0.1, -0.05) is 67.6 Å². The second-order valence-corrected chi connectivity index (χ2v) is 6.55. The molecule has 0 heterocycles. The molecule has 1 heteroatoms. The standard InChI is InChI=1S/C21H24O/c1-16-9-8-14-21(22)19(16)15-20(17-10-4-2-5-11-17)18-12-6-3-7-13-18/h2-7,10-13,16,19-20H,8-9,14-15H2,1H3. The molecule has 0 bridgehead atoms. The molecule has 0 amide bonds. The van der Waals surface area contributed by atoms with E-state index in [4.69, 9.17) is 0 Å². The molecule has 1 fully saturated rings. The largest absolute Gasteiger partial charge is 0.299 e. The Balaban J connectivity index is 1.91. The van der Waals surface area contributed by atoms with E-state index in [1.807, 2.05) is 0 Å². The van der Waals surface area contributed by atoms with Gasteiger partial charge in [-0.2, -0.15) is 0 Å². The maximum Gasteiger partial charge on any atom is 0.136 e. The second kappa shape index (κ2) is 6.91. The highest BCUT2D eigenvalue weighted by atomic mass is 16.1. The van der Waals surface area contributed by atoms with Gasteiger partial charge in [-0.25, -0.2) is 0 Å². The Morgan fingerprint density at radius 2 is 1.50 bits per heavy atom. The Hall–Kier alpha value is -1.89. The predicted octanol–water partition coefficient (Wildman–Crippen LogP) is 5.21. The third kappa shape index (κ3) is 3.30. The zero-order valence-corrected chi connectivity index (χ0v) is 13.2. The Kier molecular flexibility index (Phi) is 4.72. The Labute approximate surface area is 133 Å². The summed E-state index contributed by atoms with van der Waals surface area (Å²) in [4.78, 5) is 12.4. The number of ketones is 1. The van der Waals surface area contributed by atoms with Crippen molar-refractivity contribution in [2.24, 2.45) is 11.8 Å². The predicted molar refractivity (Wildman–Crippen MR) is 90.9 cm³/mol. The van der Waals surface area contributed by atoms with Crippen LogP contribution in [0.5, 0.6) is 0 Å². The lowest BCUT2D eigenvalue weighted by molar-refractivity contribution is -0.126. The van der Waals surface area contributed by atoms with E-state index >= 15 is 0 Å². The molecule has 1 aliphatic carbocycles. The van der Waals surface area contributed by atoms with Crippen LogP contribution in [0.1, 0.15) is 49.7 Å². The zero-order chi connectivity index (χ0) is 15.4. The molecule has 2 atom stereocenters. The highest BCUT2D eigenvalue weighted by Crippen LogP contribution is 2.38. The summed E-state index contributed by atoms with van der Waals surface area (Å²) in [5.41, 5.74) is 2.64. The molecule has 1 nitrogen and oxygen atoms in total. The van der Waals surface area contributed by atoms with E-state index in [9.17, 15) is 4.79 Å². The molecule has 0 aliphatic heterocycles. The molecule has 0 saturated heterocycles. The number of benzene rings is 2. The molecule has 2 unspecified atom stereocenters. The van der Waals surface area contributed by atoms with Crippen LogP contribution >= 0.6 is 0 Å². The lowest BCUT2D eigenvalue weighted by Crippen LogP contribution is -2.28. The fourth-order valence-corrected chi connectivity index (χ4v) is 3.76. The summed E-state index contributed by atoms with van der Waals surface area (Å²) in [5, 5.41) is 0. The number of rotatable bonds is 4. The molecule has 22 heavy (non-hydrogen) atoms. The van der Waals surface area contributed by atoms with Gasteiger partial charge in [-0.15, -0.1) is 0 Å². The van der Waals surface area contributed by atoms with Gasteiger partial charge < -0.3 is 0 Å². The van der Waals surface area contributed by atoms with Crippen molar-refractivity contribution in [1.82, 2.24) is 0 Å². The SMILES string of the molecule is CC1CCCC(=O)C1CC(c1ccccc1)c1ccccc1. The van der Waals surface area contributed by atoms with Crippen molar-refractivity contribution in [2.45, 2.75) is 38.5 Å². The first-order valence-corrected chi connectivity index (χ1v) is 8.38. The van der Waals surface area contributed by atoms with E-state index < -0.39 is 0 Å². The van der Waals surface area contributed by atoms with E-state index in [2.05, 4.69) is 67.6 Å². The fourth-order valence-electron chi connectivity index (χ4n) is 3.76. The average molecular weight is 292 g/mol. The van der Waals surface area contributed by atoms with Crippen LogP contribution in [0.3, 0.4) is 0 Å². The summed E-state index contributed by atoms with van der Waals surface area (Å²) < 4.78 is 0. The van der Waals surface area contributed by atoms with Crippen LogP contribution < -0.4 is 0 Å². The van der Waals surface area contributed by atoms with Crippen molar-refractivity contribution in [3.63, 3.8) is 0 Å². The van der Waals surface area contributed by atoms with Gasteiger partial charge in [0.05, 0.1) is 0 Å². The number of Topliss-reactive ketones (excluding diaryl/α,β-unsaturated/α-hetero) is 1. The maximum absolute atomic E-state index is 12.4. The van der Waals surface area contributed by atoms with Gasteiger partial charge in [0.15, 0.2) is 0 Å². The minimum Gasteiger partial charge on any atom is -0.299 e. The van der Waals surface area contributed by atoms with Crippen molar-refractivity contribution < 1.29 is 4.79 Å². The van der Waals surface area contributed by atoms with E-state index in [1.54, 1.807) is 0 Å². The third-order valence-electron chi connectivity index (χ3n) is 5.08. The van der Waals surface area contributed by atoms with Crippen molar-refractivity contribution in [3.05, 3.63) is 71.8 Å². The second-order valence-electron chi connectivity index (χ2n) is 6.55. The molecular formula is C21H24O. The van der Waals surface area contributed by atoms with Gasteiger partial charge in [0.1, 0.15) is 5.78 Å². The first-order chi connectivity index (χ1) is 10.8. The normalized spacial score (nSPS) is 22.0. The molecule has 2 aromatic carbocycles. The van der Waals surface area contributed by atoms with E-state index in [-0.39, 0.29) is 5.92 Å². The quantitative estimate of drug-likeness (QED) is 0.755. The minimum absolute atomic E-state index is 0.208. The summed E-state index contributed by atoms with van der Waals surface area (Å²) in [6.45, 7) is 2.24. The lowest BCUT2D eigenvalue weighted by atomic mass is 9.72. The highest BCUT2D eigenvalue weighted by Gasteiger charge is 2.31.